The van der Waals surface area contributed by atoms with E-state index in [1.807, 2.05) is 0 Å². The summed E-state index contributed by atoms with van der Waals surface area (Å²) in [6.07, 6.45) is -0.0494. The summed E-state index contributed by atoms with van der Waals surface area (Å²) in [7, 11) is -4.06. The zero-order chi connectivity index (χ0) is 30.7. The lowest BCUT2D eigenvalue weighted by Gasteiger charge is -2.45. The third-order valence-electron chi connectivity index (χ3n) is 7.52. The lowest BCUT2D eigenvalue weighted by atomic mass is 9.65. The van der Waals surface area contributed by atoms with Crippen molar-refractivity contribution in [1.29, 1.82) is 4.78 Å². The number of ketones is 1. The molecule has 0 saturated carbocycles. The molecule has 43 heavy (non-hydrogen) atoms. The molecule has 6 rings (SSSR count). The average Bonchev–Trinajstić information content (AvgIpc) is 3.64. The highest BCUT2D eigenvalue weighted by molar-refractivity contribution is 7.90. The van der Waals surface area contributed by atoms with Crippen LogP contribution in [-0.2, 0) is 22.5 Å². The number of hydrogen-bond donors (Lipinski definition) is 1. The summed E-state index contributed by atoms with van der Waals surface area (Å²) < 4.78 is 105. The van der Waals surface area contributed by atoms with E-state index in [1.165, 1.54) is 35.1 Å². The van der Waals surface area contributed by atoms with Gasteiger partial charge in [-0.2, -0.15) is 32.1 Å². The molecule has 17 heteroatoms. The number of rotatable bonds is 6. The first-order chi connectivity index (χ1) is 20.3. The Morgan fingerprint density at radius 1 is 1.09 bits per heavy atom. The van der Waals surface area contributed by atoms with E-state index in [0.717, 1.165) is 22.8 Å². The normalized spacial score (nSPS) is 20.3. The average molecular weight is 623 g/mol. The third-order valence-corrected chi connectivity index (χ3v) is 9.31. The van der Waals surface area contributed by atoms with Crippen molar-refractivity contribution >= 4 is 21.8 Å². The van der Waals surface area contributed by atoms with Gasteiger partial charge in [-0.05, 0) is 60.9 Å². The Morgan fingerprint density at radius 3 is 2.51 bits per heavy atom. The molecule has 1 aliphatic heterocycles. The molecule has 10 nitrogen and oxygen atoms in total. The largest absolute Gasteiger partial charge is 0.416 e. The van der Waals surface area contributed by atoms with Gasteiger partial charge in [0, 0.05) is 19.3 Å². The molecule has 2 aliphatic rings. The van der Waals surface area contributed by atoms with Crippen LogP contribution in [0, 0.1) is 16.0 Å². The highest BCUT2D eigenvalue weighted by Gasteiger charge is 2.51. The molecule has 1 aliphatic carbocycles. The minimum absolute atomic E-state index is 0.00298. The van der Waals surface area contributed by atoms with Gasteiger partial charge in [-0.15, -0.1) is 9.90 Å². The lowest BCUT2D eigenvalue weighted by Crippen LogP contribution is -2.53. The molecule has 0 bridgehead atoms. The van der Waals surface area contributed by atoms with Gasteiger partial charge in [0.1, 0.15) is 11.5 Å². The molecule has 224 valence electrons. The van der Waals surface area contributed by atoms with Crippen LogP contribution in [0.15, 0.2) is 65.6 Å². The van der Waals surface area contributed by atoms with E-state index < -0.39 is 62.5 Å². The molecule has 3 aromatic heterocycles. The Labute approximate surface area is 239 Å². The molecule has 0 amide bonds. The SMILES string of the molecule is N=S(=O)(c1cnn(C(F)F)n1)N1CCC2=Cc3c(cnn3-c3ccc(F)cc3)C[C@]2(C(=O)c2cc(C(F)(F)F)ccn2)C1. The van der Waals surface area contributed by atoms with Gasteiger partial charge in [0.05, 0.1) is 34.8 Å². The smallest absolute Gasteiger partial charge is 0.291 e. The Bertz CT molecular complexity index is 1870. The van der Waals surface area contributed by atoms with Crippen molar-refractivity contribution in [1.82, 2.24) is 34.1 Å². The summed E-state index contributed by atoms with van der Waals surface area (Å²) in [5, 5.41) is 10.7. The number of aromatic nitrogens is 6. The minimum atomic E-state index is -4.75. The second-order valence-electron chi connectivity index (χ2n) is 10.0. The topological polar surface area (TPSA) is 123 Å². The number of benzene rings is 1. The van der Waals surface area contributed by atoms with Crippen LogP contribution in [0.2, 0.25) is 0 Å². The first-order valence-corrected chi connectivity index (χ1v) is 14.2. The van der Waals surface area contributed by atoms with Gasteiger partial charge in [0.25, 0.3) is 0 Å². The fourth-order valence-electron chi connectivity index (χ4n) is 5.41. The fourth-order valence-corrected chi connectivity index (χ4v) is 6.81. The molecule has 0 spiro atoms. The standard InChI is InChI=1S/C26H20F6N8O2S/c27-18-1-3-19(4-2-18)39-21-10-16-6-8-38(43(33,42)22-13-36-40(37-22)24(28)29)14-25(16,11-15(21)12-35-39)23(41)20-9-17(5-7-34-20)26(30,31)32/h1-5,7,9-10,12-13,24,33H,6,8,11,14H2/t25-,43?/m0/s1. The Kier molecular flexibility index (Phi) is 6.76. The number of carbonyl (C=O) groups is 1. The van der Waals surface area contributed by atoms with Crippen molar-refractivity contribution in [2.24, 2.45) is 5.41 Å². The number of halogens is 6. The van der Waals surface area contributed by atoms with E-state index in [4.69, 9.17) is 4.78 Å². The van der Waals surface area contributed by atoms with Gasteiger partial charge < -0.3 is 0 Å². The number of carbonyl (C=O) groups excluding carboxylic acids is 1. The molecule has 1 unspecified atom stereocenters. The predicted octanol–water partition coefficient (Wildman–Crippen LogP) is 4.95. The van der Waals surface area contributed by atoms with Crippen LogP contribution in [0.5, 0.6) is 0 Å². The number of piperidine rings is 1. The van der Waals surface area contributed by atoms with Crippen molar-refractivity contribution in [3.8, 4) is 5.69 Å². The number of nitrogens with one attached hydrogen (secondary N) is 1. The van der Waals surface area contributed by atoms with Crippen LogP contribution in [0.1, 0.15) is 40.3 Å². The number of fused-ring (bicyclic) bond motifs is 2. The van der Waals surface area contributed by atoms with Crippen molar-refractivity contribution in [2.75, 3.05) is 13.1 Å². The van der Waals surface area contributed by atoms with E-state index >= 15 is 0 Å². The summed E-state index contributed by atoms with van der Waals surface area (Å²) in [6.45, 7) is -3.63. The minimum Gasteiger partial charge on any atom is -0.291 e. The van der Waals surface area contributed by atoms with Crippen LogP contribution in [0.3, 0.4) is 0 Å². The number of hydrogen-bond acceptors (Lipinski definition) is 7. The first kappa shape index (κ1) is 28.7. The van der Waals surface area contributed by atoms with Crippen LogP contribution in [0.25, 0.3) is 11.8 Å². The van der Waals surface area contributed by atoms with Gasteiger partial charge in [0.15, 0.2) is 20.7 Å². The van der Waals surface area contributed by atoms with Crippen molar-refractivity contribution in [2.45, 2.75) is 30.6 Å². The summed E-state index contributed by atoms with van der Waals surface area (Å²) in [5.74, 6) is -1.26. The van der Waals surface area contributed by atoms with Gasteiger partial charge in [-0.3, -0.25) is 9.78 Å². The van der Waals surface area contributed by atoms with Crippen LogP contribution in [0.4, 0.5) is 26.3 Å². The van der Waals surface area contributed by atoms with E-state index in [-0.39, 0.29) is 24.2 Å². The van der Waals surface area contributed by atoms with Crippen LogP contribution >= 0.6 is 0 Å². The van der Waals surface area contributed by atoms with Gasteiger partial charge in [-0.1, -0.05) is 5.57 Å². The number of alkyl halides is 5. The first-order valence-electron chi connectivity index (χ1n) is 12.7. The maximum atomic E-state index is 14.2. The van der Waals surface area contributed by atoms with Gasteiger partial charge in [0.2, 0.25) is 0 Å². The Hall–Kier alpha value is -4.38. The third kappa shape index (κ3) is 4.91. The predicted molar refractivity (Wildman–Crippen MR) is 138 cm³/mol. The van der Waals surface area contributed by atoms with E-state index in [2.05, 4.69) is 20.3 Å². The van der Waals surface area contributed by atoms with Crippen molar-refractivity contribution in [3.05, 3.63) is 88.9 Å². The van der Waals surface area contributed by atoms with Crippen LogP contribution in [-0.4, -0.2) is 57.1 Å². The van der Waals surface area contributed by atoms with Crippen LogP contribution < -0.4 is 0 Å². The van der Waals surface area contributed by atoms with Gasteiger partial charge >= 0.3 is 12.7 Å². The quantitative estimate of drug-likeness (QED) is 0.240. The molecule has 1 fully saturated rings. The lowest BCUT2D eigenvalue weighted by molar-refractivity contribution is -0.137. The number of nitrogens with zero attached hydrogens (tertiary/aromatic N) is 7. The fraction of sp³-hybridized carbons (Fsp3) is 0.269. The molecule has 4 aromatic rings. The molecular weight excluding hydrogens is 602 g/mol. The summed E-state index contributed by atoms with van der Waals surface area (Å²) >= 11 is 0. The van der Waals surface area contributed by atoms with E-state index in [1.54, 1.807) is 6.08 Å². The number of pyridine rings is 1. The van der Waals surface area contributed by atoms with E-state index in [9.17, 15) is 35.3 Å². The second-order valence-corrected chi connectivity index (χ2v) is 12.0. The molecular formula is C26H20F6N8O2S. The molecule has 4 heterocycles. The molecule has 1 N–H and O–H groups in total. The maximum absolute atomic E-state index is 14.2. The monoisotopic (exact) mass is 622 g/mol. The van der Waals surface area contributed by atoms with Crippen molar-refractivity contribution in [3.63, 3.8) is 0 Å². The Balaban J connectivity index is 1.45. The summed E-state index contributed by atoms with van der Waals surface area (Å²) in [5.41, 5.74) is -1.16. The molecule has 1 saturated heterocycles. The summed E-state index contributed by atoms with van der Waals surface area (Å²) in [4.78, 5) is 18.1. The Morgan fingerprint density at radius 2 is 1.84 bits per heavy atom. The zero-order valence-electron chi connectivity index (χ0n) is 21.8. The highest BCUT2D eigenvalue weighted by atomic mass is 32.2. The molecule has 0 radical (unpaired) electrons. The van der Waals surface area contributed by atoms with Crippen molar-refractivity contribution < 1.29 is 35.3 Å². The molecule has 2 atom stereocenters. The summed E-state index contributed by atoms with van der Waals surface area (Å²) in [6, 6.07) is 6.88. The van der Waals surface area contributed by atoms with E-state index in [0.29, 0.717) is 28.6 Å². The maximum Gasteiger partial charge on any atom is 0.416 e. The zero-order valence-corrected chi connectivity index (χ0v) is 22.6. The molecule has 1 aromatic carbocycles. The van der Waals surface area contributed by atoms with Gasteiger partial charge in [-0.25, -0.2) is 22.4 Å². The highest BCUT2D eigenvalue weighted by Crippen LogP contribution is 2.47. The second kappa shape index (κ2) is 10.1. The number of Topliss-reactive ketones (excluding diaryl/α,β-unsaturated/α-hetero) is 1.